The lowest BCUT2D eigenvalue weighted by atomic mass is 10.00. The standard InChI is InChI=1S/C15H20BrN3/c1-10(9-17)7-15-11(2)18-19(12(15)3)14-6-4-5-13(16)8-14/h4-6,8,10H,7,9,17H2,1-3H3. The summed E-state index contributed by atoms with van der Waals surface area (Å²) >= 11 is 3.50. The van der Waals surface area contributed by atoms with Gasteiger partial charge in [-0.2, -0.15) is 5.10 Å². The number of nitrogens with zero attached hydrogens (tertiary/aromatic N) is 2. The van der Waals surface area contributed by atoms with Crippen molar-refractivity contribution in [1.82, 2.24) is 9.78 Å². The zero-order valence-electron chi connectivity index (χ0n) is 11.7. The average molecular weight is 322 g/mol. The minimum atomic E-state index is 0.484. The van der Waals surface area contributed by atoms with E-state index in [0.29, 0.717) is 12.5 Å². The van der Waals surface area contributed by atoms with Crippen molar-refractivity contribution in [2.24, 2.45) is 11.7 Å². The van der Waals surface area contributed by atoms with Crippen LogP contribution in [-0.4, -0.2) is 16.3 Å². The Morgan fingerprint density at radius 3 is 2.74 bits per heavy atom. The van der Waals surface area contributed by atoms with Gasteiger partial charge in [-0.15, -0.1) is 0 Å². The maximum atomic E-state index is 5.72. The molecule has 2 N–H and O–H groups in total. The van der Waals surface area contributed by atoms with Gasteiger partial charge in [0.15, 0.2) is 0 Å². The molecular formula is C15H20BrN3. The molecule has 0 spiro atoms. The van der Waals surface area contributed by atoms with Gasteiger partial charge in [-0.1, -0.05) is 28.9 Å². The van der Waals surface area contributed by atoms with Crippen LogP contribution in [0.5, 0.6) is 0 Å². The number of hydrogen-bond acceptors (Lipinski definition) is 2. The van der Waals surface area contributed by atoms with E-state index >= 15 is 0 Å². The van der Waals surface area contributed by atoms with Crippen molar-refractivity contribution in [3.8, 4) is 5.69 Å². The molecule has 0 aliphatic rings. The summed E-state index contributed by atoms with van der Waals surface area (Å²) in [4.78, 5) is 0. The third-order valence-corrected chi connectivity index (χ3v) is 3.94. The number of aryl methyl sites for hydroxylation is 1. The van der Waals surface area contributed by atoms with Crippen LogP contribution in [0.2, 0.25) is 0 Å². The fourth-order valence-corrected chi connectivity index (χ4v) is 2.65. The quantitative estimate of drug-likeness (QED) is 0.938. The molecular weight excluding hydrogens is 302 g/mol. The summed E-state index contributed by atoms with van der Waals surface area (Å²) in [6.45, 7) is 7.08. The van der Waals surface area contributed by atoms with Crippen LogP contribution >= 0.6 is 15.9 Å². The Morgan fingerprint density at radius 2 is 2.11 bits per heavy atom. The minimum Gasteiger partial charge on any atom is -0.330 e. The predicted octanol–water partition coefficient (Wildman–Crippen LogP) is 3.39. The van der Waals surface area contributed by atoms with Crippen molar-refractivity contribution in [3.05, 3.63) is 45.7 Å². The van der Waals surface area contributed by atoms with Crippen LogP contribution in [-0.2, 0) is 6.42 Å². The van der Waals surface area contributed by atoms with E-state index in [2.05, 4.69) is 53.9 Å². The van der Waals surface area contributed by atoms with Crippen LogP contribution in [0.25, 0.3) is 5.69 Å². The highest BCUT2D eigenvalue weighted by molar-refractivity contribution is 9.10. The molecule has 3 nitrogen and oxygen atoms in total. The summed E-state index contributed by atoms with van der Waals surface area (Å²) < 4.78 is 3.08. The lowest BCUT2D eigenvalue weighted by Crippen LogP contribution is -2.14. The third kappa shape index (κ3) is 3.07. The Hall–Kier alpha value is -1.13. The first-order valence-electron chi connectivity index (χ1n) is 6.54. The van der Waals surface area contributed by atoms with E-state index < -0.39 is 0 Å². The highest BCUT2D eigenvalue weighted by Gasteiger charge is 2.14. The Bertz CT molecular complexity index is 575. The number of nitrogens with two attached hydrogens (primary N) is 1. The molecule has 19 heavy (non-hydrogen) atoms. The number of rotatable bonds is 4. The SMILES string of the molecule is Cc1nn(-c2cccc(Br)c2)c(C)c1CC(C)CN. The molecule has 0 bridgehead atoms. The second kappa shape index (κ2) is 5.88. The van der Waals surface area contributed by atoms with Crippen LogP contribution in [0.15, 0.2) is 28.7 Å². The molecule has 0 saturated carbocycles. The molecule has 0 aliphatic carbocycles. The van der Waals surface area contributed by atoms with Gasteiger partial charge in [0.1, 0.15) is 0 Å². The van der Waals surface area contributed by atoms with Crippen LogP contribution < -0.4 is 5.73 Å². The van der Waals surface area contributed by atoms with E-state index in [1.165, 1.54) is 11.3 Å². The van der Waals surface area contributed by atoms with E-state index in [-0.39, 0.29) is 0 Å². The van der Waals surface area contributed by atoms with Crippen LogP contribution in [0.1, 0.15) is 23.9 Å². The molecule has 0 aliphatic heterocycles. The second-order valence-corrected chi connectivity index (χ2v) is 6.00. The van der Waals surface area contributed by atoms with Crippen molar-refractivity contribution in [2.75, 3.05) is 6.54 Å². The van der Waals surface area contributed by atoms with E-state index in [1.54, 1.807) is 0 Å². The van der Waals surface area contributed by atoms with Gasteiger partial charge in [0.2, 0.25) is 0 Å². The molecule has 0 saturated heterocycles. The van der Waals surface area contributed by atoms with Gasteiger partial charge in [0.25, 0.3) is 0 Å². The molecule has 0 radical (unpaired) electrons. The first-order chi connectivity index (χ1) is 9.02. The summed E-state index contributed by atoms with van der Waals surface area (Å²) in [6, 6.07) is 8.20. The lowest BCUT2D eigenvalue weighted by Gasteiger charge is -2.09. The van der Waals surface area contributed by atoms with Crippen molar-refractivity contribution >= 4 is 15.9 Å². The molecule has 4 heteroatoms. The highest BCUT2D eigenvalue weighted by Crippen LogP contribution is 2.22. The molecule has 1 heterocycles. The lowest BCUT2D eigenvalue weighted by molar-refractivity contribution is 0.589. The van der Waals surface area contributed by atoms with Crippen molar-refractivity contribution in [3.63, 3.8) is 0 Å². The zero-order chi connectivity index (χ0) is 14.0. The Kier molecular flexibility index (Phi) is 4.42. The molecule has 1 unspecified atom stereocenters. The maximum Gasteiger partial charge on any atom is 0.0660 e. The molecule has 102 valence electrons. The normalized spacial score (nSPS) is 12.7. The smallest absolute Gasteiger partial charge is 0.0660 e. The fourth-order valence-electron chi connectivity index (χ4n) is 2.26. The monoisotopic (exact) mass is 321 g/mol. The number of benzene rings is 1. The number of hydrogen-bond donors (Lipinski definition) is 1. The molecule has 2 rings (SSSR count). The zero-order valence-corrected chi connectivity index (χ0v) is 13.2. The first-order valence-corrected chi connectivity index (χ1v) is 7.33. The van der Waals surface area contributed by atoms with Crippen molar-refractivity contribution in [2.45, 2.75) is 27.2 Å². The first kappa shape index (κ1) is 14.3. The van der Waals surface area contributed by atoms with Gasteiger partial charge in [0.05, 0.1) is 11.4 Å². The average Bonchev–Trinajstić information content (AvgIpc) is 2.66. The maximum absolute atomic E-state index is 5.72. The molecule has 0 amide bonds. The third-order valence-electron chi connectivity index (χ3n) is 3.45. The van der Waals surface area contributed by atoms with Gasteiger partial charge >= 0.3 is 0 Å². The van der Waals surface area contributed by atoms with Gasteiger partial charge < -0.3 is 5.73 Å². The summed E-state index contributed by atoms with van der Waals surface area (Å²) in [5.74, 6) is 0.484. The number of halogens is 1. The molecule has 1 aromatic heterocycles. The van der Waals surface area contributed by atoms with Gasteiger partial charge in [0, 0.05) is 10.2 Å². The Morgan fingerprint density at radius 1 is 1.37 bits per heavy atom. The summed E-state index contributed by atoms with van der Waals surface area (Å²) in [7, 11) is 0. The van der Waals surface area contributed by atoms with Gasteiger partial charge in [-0.3, -0.25) is 0 Å². The van der Waals surface area contributed by atoms with E-state index in [1.807, 2.05) is 16.8 Å². The van der Waals surface area contributed by atoms with E-state index in [4.69, 9.17) is 5.73 Å². The van der Waals surface area contributed by atoms with Crippen LogP contribution in [0.4, 0.5) is 0 Å². The largest absolute Gasteiger partial charge is 0.330 e. The minimum absolute atomic E-state index is 0.484. The van der Waals surface area contributed by atoms with Crippen LogP contribution in [0.3, 0.4) is 0 Å². The molecule has 1 atom stereocenters. The van der Waals surface area contributed by atoms with Gasteiger partial charge in [-0.05, 0) is 56.5 Å². The highest BCUT2D eigenvalue weighted by atomic mass is 79.9. The van der Waals surface area contributed by atoms with E-state index in [0.717, 1.165) is 22.3 Å². The number of aromatic nitrogens is 2. The summed E-state index contributed by atoms with van der Waals surface area (Å²) in [5, 5.41) is 4.66. The Balaban J connectivity index is 2.41. The summed E-state index contributed by atoms with van der Waals surface area (Å²) in [5.41, 5.74) is 10.4. The molecule has 0 fully saturated rings. The van der Waals surface area contributed by atoms with Crippen LogP contribution in [0, 0.1) is 19.8 Å². The molecule has 1 aromatic carbocycles. The topological polar surface area (TPSA) is 43.8 Å². The summed E-state index contributed by atoms with van der Waals surface area (Å²) in [6.07, 6.45) is 0.988. The van der Waals surface area contributed by atoms with Gasteiger partial charge in [-0.25, -0.2) is 4.68 Å². The van der Waals surface area contributed by atoms with Crippen molar-refractivity contribution < 1.29 is 0 Å². The molecule has 2 aromatic rings. The Labute approximate surface area is 122 Å². The second-order valence-electron chi connectivity index (χ2n) is 5.09. The van der Waals surface area contributed by atoms with Crippen molar-refractivity contribution in [1.29, 1.82) is 0 Å². The van der Waals surface area contributed by atoms with E-state index in [9.17, 15) is 0 Å². The fraction of sp³-hybridized carbons (Fsp3) is 0.400. The predicted molar refractivity (Wildman–Crippen MR) is 82.7 cm³/mol.